The van der Waals surface area contributed by atoms with Gasteiger partial charge < -0.3 is 15.0 Å². The fourth-order valence-electron chi connectivity index (χ4n) is 3.75. The highest BCUT2D eigenvalue weighted by Crippen LogP contribution is 2.31. The molecule has 1 amide bonds. The van der Waals surface area contributed by atoms with Gasteiger partial charge in [-0.15, -0.1) is 11.3 Å². The molecule has 3 heterocycles. The Morgan fingerprint density at radius 1 is 1.15 bits per heavy atom. The summed E-state index contributed by atoms with van der Waals surface area (Å²) < 4.78 is 31.7. The van der Waals surface area contributed by atoms with E-state index in [1.54, 1.807) is 36.6 Å². The van der Waals surface area contributed by atoms with Crippen molar-refractivity contribution in [2.24, 2.45) is 0 Å². The van der Waals surface area contributed by atoms with Gasteiger partial charge in [0.25, 0.3) is 12.3 Å². The van der Waals surface area contributed by atoms with E-state index in [0.29, 0.717) is 16.9 Å². The van der Waals surface area contributed by atoms with Crippen molar-refractivity contribution in [1.82, 2.24) is 25.2 Å². The summed E-state index contributed by atoms with van der Waals surface area (Å²) in [4.78, 5) is 28.3. The van der Waals surface area contributed by atoms with Crippen molar-refractivity contribution in [3.8, 4) is 16.3 Å². The Balaban J connectivity index is 1.55. The van der Waals surface area contributed by atoms with Gasteiger partial charge in [0.15, 0.2) is 5.82 Å². The molecule has 1 fully saturated rings. The van der Waals surface area contributed by atoms with Crippen LogP contribution in [0.2, 0.25) is 0 Å². The highest BCUT2D eigenvalue weighted by Gasteiger charge is 2.21. The van der Waals surface area contributed by atoms with Gasteiger partial charge in [0.2, 0.25) is 0 Å². The zero-order valence-corrected chi connectivity index (χ0v) is 20.1. The molecule has 0 spiro atoms. The molecule has 1 aliphatic heterocycles. The number of amides is 1. The smallest absolute Gasteiger partial charge is 0.297 e. The summed E-state index contributed by atoms with van der Waals surface area (Å²) >= 11 is 1.55. The minimum Gasteiger partial charge on any atom is -0.490 e. The standard InChI is InChI=1S/C24H27F2N5O2S/c1-14-11-29-24(34-14)17-8-16(9-20(10-17)33-19-4-6-31(3)7-5-19)23(32)30-15(2)18-12-27-22(21(25)26)28-13-18/h8-13,15,19,21H,4-7H2,1-3H3,(H,30,32)/t15-/m1/s1. The van der Waals surface area contributed by atoms with Crippen LogP contribution < -0.4 is 10.1 Å². The van der Waals surface area contributed by atoms with Crippen LogP contribution in [0.5, 0.6) is 5.75 Å². The maximum atomic E-state index is 13.1. The molecule has 0 aliphatic carbocycles. The first-order valence-corrected chi connectivity index (χ1v) is 11.9. The van der Waals surface area contributed by atoms with E-state index in [0.717, 1.165) is 41.4 Å². The third kappa shape index (κ3) is 5.92. The van der Waals surface area contributed by atoms with Gasteiger partial charge in [0.05, 0.1) is 6.04 Å². The van der Waals surface area contributed by atoms with Gasteiger partial charge in [0, 0.05) is 53.2 Å². The molecule has 1 N–H and O–H groups in total. The number of benzene rings is 1. The van der Waals surface area contributed by atoms with E-state index >= 15 is 0 Å². The van der Waals surface area contributed by atoms with Gasteiger partial charge in [-0.2, -0.15) is 0 Å². The van der Waals surface area contributed by atoms with Crippen molar-refractivity contribution >= 4 is 17.2 Å². The van der Waals surface area contributed by atoms with Crippen LogP contribution in [0.4, 0.5) is 8.78 Å². The molecular weight excluding hydrogens is 460 g/mol. The molecule has 1 saturated heterocycles. The third-order valence-electron chi connectivity index (χ3n) is 5.74. The number of nitrogens with one attached hydrogen (secondary N) is 1. The van der Waals surface area contributed by atoms with Crippen LogP contribution in [0.15, 0.2) is 36.8 Å². The third-order valence-corrected chi connectivity index (χ3v) is 6.70. The summed E-state index contributed by atoms with van der Waals surface area (Å²) in [6.45, 7) is 5.67. The number of carbonyl (C=O) groups excluding carboxylic acids is 1. The SMILES string of the molecule is Cc1cnc(-c2cc(OC3CCN(C)CC3)cc(C(=O)N[C@H](C)c3cnc(C(F)F)nc3)c2)s1. The predicted octanol–water partition coefficient (Wildman–Crippen LogP) is 4.81. The average Bonchev–Trinajstić information content (AvgIpc) is 3.26. The van der Waals surface area contributed by atoms with Crippen molar-refractivity contribution in [3.63, 3.8) is 0 Å². The largest absolute Gasteiger partial charge is 0.490 e. The molecule has 0 bridgehead atoms. The van der Waals surface area contributed by atoms with Gasteiger partial charge in [-0.05, 0) is 51.9 Å². The second kappa shape index (κ2) is 10.5. The zero-order valence-electron chi connectivity index (χ0n) is 19.3. The van der Waals surface area contributed by atoms with Crippen LogP contribution in [0.1, 0.15) is 58.9 Å². The summed E-state index contributed by atoms with van der Waals surface area (Å²) in [7, 11) is 2.09. The Kier molecular flexibility index (Phi) is 7.47. The number of thiazole rings is 1. The van der Waals surface area contributed by atoms with E-state index in [1.165, 1.54) is 12.4 Å². The number of aromatic nitrogens is 3. The number of aryl methyl sites for hydroxylation is 1. The van der Waals surface area contributed by atoms with Crippen molar-refractivity contribution in [2.75, 3.05) is 20.1 Å². The van der Waals surface area contributed by atoms with E-state index in [4.69, 9.17) is 4.74 Å². The first kappa shape index (κ1) is 24.2. The van der Waals surface area contributed by atoms with E-state index < -0.39 is 18.3 Å². The highest BCUT2D eigenvalue weighted by atomic mass is 32.1. The van der Waals surface area contributed by atoms with Gasteiger partial charge in [0.1, 0.15) is 16.9 Å². The van der Waals surface area contributed by atoms with Crippen LogP contribution in [0.3, 0.4) is 0 Å². The van der Waals surface area contributed by atoms with Crippen molar-refractivity contribution in [1.29, 1.82) is 0 Å². The molecule has 1 aliphatic rings. The van der Waals surface area contributed by atoms with Gasteiger partial charge in [-0.3, -0.25) is 4.79 Å². The Hall–Kier alpha value is -2.98. The number of hydrogen-bond donors (Lipinski definition) is 1. The highest BCUT2D eigenvalue weighted by molar-refractivity contribution is 7.14. The normalized spacial score (nSPS) is 15.9. The number of likely N-dealkylation sites (tertiary alicyclic amines) is 1. The molecule has 2 aromatic heterocycles. The van der Waals surface area contributed by atoms with Crippen molar-refractivity contribution < 1.29 is 18.3 Å². The van der Waals surface area contributed by atoms with Gasteiger partial charge in [-0.25, -0.2) is 23.7 Å². The summed E-state index contributed by atoms with van der Waals surface area (Å²) in [5.74, 6) is -0.222. The van der Waals surface area contributed by atoms with Crippen LogP contribution in [-0.4, -0.2) is 52.0 Å². The van der Waals surface area contributed by atoms with Crippen LogP contribution in [0, 0.1) is 6.92 Å². The Morgan fingerprint density at radius 3 is 2.47 bits per heavy atom. The lowest BCUT2D eigenvalue weighted by Gasteiger charge is -2.29. The molecule has 3 aromatic rings. The molecular formula is C24H27F2N5O2S. The second-order valence-corrected chi connectivity index (χ2v) is 9.75. The first-order valence-electron chi connectivity index (χ1n) is 11.1. The van der Waals surface area contributed by atoms with Gasteiger partial charge >= 0.3 is 0 Å². The van der Waals surface area contributed by atoms with Crippen LogP contribution in [0.25, 0.3) is 10.6 Å². The van der Waals surface area contributed by atoms with E-state index in [9.17, 15) is 13.6 Å². The zero-order chi connectivity index (χ0) is 24.2. The van der Waals surface area contributed by atoms with Crippen molar-refractivity contribution in [2.45, 2.75) is 45.3 Å². The van der Waals surface area contributed by atoms with E-state index in [1.807, 2.05) is 13.0 Å². The minimum atomic E-state index is -2.74. The monoisotopic (exact) mass is 487 g/mol. The number of ether oxygens (including phenoxy) is 1. The van der Waals surface area contributed by atoms with Crippen LogP contribution in [-0.2, 0) is 0 Å². The second-order valence-electron chi connectivity index (χ2n) is 8.51. The average molecular weight is 488 g/mol. The summed E-state index contributed by atoms with van der Waals surface area (Å²) in [5.41, 5.74) is 1.78. The number of piperidine rings is 1. The maximum absolute atomic E-state index is 13.1. The van der Waals surface area contributed by atoms with Gasteiger partial charge in [-0.1, -0.05) is 0 Å². The number of rotatable bonds is 7. The lowest BCUT2D eigenvalue weighted by molar-refractivity contribution is 0.0936. The maximum Gasteiger partial charge on any atom is 0.297 e. The topological polar surface area (TPSA) is 80.2 Å². The van der Waals surface area contributed by atoms with E-state index in [2.05, 4.69) is 32.2 Å². The van der Waals surface area contributed by atoms with E-state index in [-0.39, 0.29) is 12.0 Å². The quantitative estimate of drug-likeness (QED) is 0.515. The number of hydrogen-bond acceptors (Lipinski definition) is 7. The molecule has 4 rings (SSSR count). The molecule has 1 atom stereocenters. The molecule has 34 heavy (non-hydrogen) atoms. The van der Waals surface area contributed by atoms with Crippen molar-refractivity contribution in [3.05, 3.63) is 58.6 Å². The Bertz CT molecular complexity index is 1130. The number of nitrogens with zero attached hydrogens (tertiary/aromatic N) is 4. The fourth-order valence-corrected chi connectivity index (χ4v) is 4.50. The molecule has 1 aromatic carbocycles. The molecule has 0 radical (unpaired) electrons. The minimum absolute atomic E-state index is 0.0878. The molecule has 7 nitrogen and oxygen atoms in total. The Labute approximate surface area is 201 Å². The first-order chi connectivity index (χ1) is 16.3. The fraction of sp³-hybridized carbons (Fsp3) is 0.417. The number of alkyl halides is 2. The lowest BCUT2D eigenvalue weighted by atomic mass is 10.1. The number of halogens is 2. The predicted molar refractivity (Wildman–Crippen MR) is 126 cm³/mol. The van der Waals surface area contributed by atoms with Crippen LogP contribution >= 0.6 is 11.3 Å². The summed E-state index contributed by atoms with van der Waals surface area (Å²) in [6.07, 6.45) is 3.61. The summed E-state index contributed by atoms with van der Waals surface area (Å²) in [6, 6.07) is 4.98. The molecule has 180 valence electrons. The summed E-state index contributed by atoms with van der Waals surface area (Å²) in [5, 5.41) is 3.71. The lowest BCUT2D eigenvalue weighted by Crippen LogP contribution is -2.35. The molecule has 0 unspecified atom stereocenters. The molecule has 0 saturated carbocycles. The Morgan fingerprint density at radius 2 is 1.85 bits per heavy atom. The number of carbonyl (C=O) groups is 1. The molecule has 10 heteroatoms.